The Labute approximate surface area is 185 Å². The van der Waals surface area contributed by atoms with Crippen LogP contribution in [-0.4, -0.2) is 56.8 Å². The van der Waals surface area contributed by atoms with Gasteiger partial charge in [0.25, 0.3) is 5.91 Å². The third-order valence-electron chi connectivity index (χ3n) is 5.49. The molecule has 3 aromatic heterocycles. The number of hydrogen-bond donors (Lipinski definition) is 1. The molecule has 4 aromatic rings. The van der Waals surface area contributed by atoms with Gasteiger partial charge >= 0.3 is 0 Å². The van der Waals surface area contributed by atoms with E-state index in [0.717, 1.165) is 28.6 Å². The first-order valence-corrected chi connectivity index (χ1v) is 10.4. The van der Waals surface area contributed by atoms with Gasteiger partial charge in [0, 0.05) is 31.7 Å². The SMILES string of the molecule is COc1ccc(Nc2cccc3nc([C@H]4CN(C(=O)c5ccn(C)n5)CCO4)cn23)cc1. The molecule has 0 radical (unpaired) electrons. The van der Waals surface area contributed by atoms with E-state index in [1.807, 2.05) is 53.1 Å². The number of hydrogen-bond acceptors (Lipinski definition) is 6. The Hall–Kier alpha value is -3.85. The van der Waals surface area contributed by atoms with Gasteiger partial charge in [-0.2, -0.15) is 5.10 Å². The van der Waals surface area contributed by atoms with Gasteiger partial charge in [0.2, 0.25) is 0 Å². The number of rotatable bonds is 5. The van der Waals surface area contributed by atoms with E-state index in [1.165, 1.54) is 0 Å². The van der Waals surface area contributed by atoms with Crippen LogP contribution in [0, 0.1) is 0 Å². The first kappa shape index (κ1) is 20.1. The van der Waals surface area contributed by atoms with E-state index in [-0.39, 0.29) is 12.0 Å². The zero-order chi connectivity index (χ0) is 22.1. The van der Waals surface area contributed by atoms with Gasteiger partial charge in [-0.15, -0.1) is 0 Å². The highest BCUT2D eigenvalue weighted by atomic mass is 16.5. The lowest BCUT2D eigenvalue weighted by Crippen LogP contribution is -2.42. The van der Waals surface area contributed by atoms with E-state index in [0.29, 0.717) is 25.4 Å². The van der Waals surface area contributed by atoms with Crippen LogP contribution in [0.2, 0.25) is 0 Å². The third kappa shape index (κ3) is 3.90. The highest BCUT2D eigenvalue weighted by molar-refractivity contribution is 5.92. The Kier molecular flexibility index (Phi) is 5.24. The van der Waals surface area contributed by atoms with Crippen molar-refractivity contribution in [3.8, 4) is 5.75 Å². The third-order valence-corrected chi connectivity index (χ3v) is 5.49. The first-order valence-electron chi connectivity index (χ1n) is 10.4. The Balaban J connectivity index is 1.37. The topological polar surface area (TPSA) is 85.9 Å². The summed E-state index contributed by atoms with van der Waals surface area (Å²) in [6, 6.07) is 15.4. The molecular weight excluding hydrogens is 408 g/mol. The lowest BCUT2D eigenvalue weighted by molar-refractivity contribution is -0.0247. The highest BCUT2D eigenvalue weighted by Gasteiger charge is 2.29. The Bertz CT molecular complexity index is 1250. The zero-order valence-electron chi connectivity index (χ0n) is 17.9. The number of amides is 1. The summed E-state index contributed by atoms with van der Waals surface area (Å²) < 4.78 is 14.8. The summed E-state index contributed by atoms with van der Waals surface area (Å²) in [6.07, 6.45) is 3.43. The van der Waals surface area contributed by atoms with Crippen molar-refractivity contribution < 1.29 is 14.3 Å². The van der Waals surface area contributed by atoms with Crippen molar-refractivity contribution in [2.45, 2.75) is 6.10 Å². The Morgan fingerprint density at radius 2 is 2.03 bits per heavy atom. The normalized spacial score (nSPS) is 16.3. The molecule has 0 spiro atoms. The molecule has 1 aliphatic heterocycles. The molecule has 0 aliphatic carbocycles. The van der Waals surface area contributed by atoms with Gasteiger partial charge in [-0.3, -0.25) is 13.9 Å². The molecule has 0 saturated carbocycles. The van der Waals surface area contributed by atoms with E-state index < -0.39 is 0 Å². The van der Waals surface area contributed by atoms with Gasteiger partial charge < -0.3 is 19.7 Å². The monoisotopic (exact) mass is 432 g/mol. The number of imidazole rings is 1. The number of nitrogens with one attached hydrogen (secondary N) is 1. The minimum atomic E-state index is -0.301. The fourth-order valence-corrected chi connectivity index (χ4v) is 3.81. The molecule has 9 nitrogen and oxygen atoms in total. The fraction of sp³-hybridized carbons (Fsp3) is 0.261. The van der Waals surface area contributed by atoms with Crippen LogP contribution in [0.5, 0.6) is 5.75 Å². The number of carbonyl (C=O) groups is 1. The van der Waals surface area contributed by atoms with Crippen LogP contribution < -0.4 is 10.1 Å². The van der Waals surface area contributed by atoms with Crippen LogP contribution in [-0.2, 0) is 11.8 Å². The molecule has 1 aromatic carbocycles. The van der Waals surface area contributed by atoms with Gasteiger partial charge in [-0.25, -0.2) is 4.98 Å². The van der Waals surface area contributed by atoms with E-state index in [9.17, 15) is 4.79 Å². The molecule has 0 unspecified atom stereocenters. The number of fused-ring (bicyclic) bond motifs is 1. The quantitative estimate of drug-likeness (QED) is 0.522. The maximum absolute atomic E-state index is 12.8. The summed E-state index contributed by atoms with van der Waals surface area (Å²) in [5.74, 6) is 1.59. The predicted octanol–water partition coefficient (Wildman–Crippen LogP) is 3.03. The summed E-state index contributed by atoms with van der Waals surface area (Å²) in [7, 11) is 3.45. The van der Waals surface area contributed by atoms with Crippen molar-refractivity contribution in [2.24, 2.45) is 7.05 Å². The molecule has 32 heavy (non-hydrogen) atoms. The van der Waals surface area contributed by atoms with Crippen LogP contribution in [0.25, 0.3) is 5.65 Å². The van der Waals surface area contributed by atoms with E-state index >= 15 is 0 Å². The minimum Gasteiger partial charge on any atom is -0.497 e. The number of pyridine rings is 1. The zero-order valence-corrected chi connectivity index (χ0v) is 17.9. The molecule has 5 rings (SSSR count). The van der Waals surface area contributed by atoms with Crippen molar-refractivity contribution in [1.82, 2.24) is 24.1 Å². The second-order valence-electron chi connectivity index (χ2n) is 7.64. The van der Waals surface area contributed by atoms with E-state index in [4.69, 9.17) is 14.5 Å². The van der Waals surface area contributed by atoms with Gasteiger partial charge in [0.05, 0.1) is 26.0 Å². The van der Waals surface area contributed by atoms with Gasteiger partial charge in [-0.05, 0) is 42.5 Å². The largest absolute Gasteiger partial charge is 0.497 e. The van der Waals surface area contributed by atoms with Crippen LogP contribution >= 0.6 is 0 Å². The number of aryl methyl sites for hydroxylation is 1. The molecular formula is C23H24N6O3. The van der Waals surface area contributed by atoms with Crippen molar-refractivity contribution in [2.75, 3.05) is 32.1 Å². The number of anilines is 2. The van der Waals surface area contributed by atoms with Crippen LogP contribution in [0.1, 0.15) is 22.3 Å². The number of carbonyl (C=O) groups excluding carboxylic acids is 1. The van der Waals surface area contributed by atoms with Crippen molar-refractivity contribution in [1.29, 1.82) is 0 Å². The molecule has 1 amide bonds. The predicted molar refractivity (Wildman–Crippen MR) is 119 cm³/mol. The summed E-state index contributed by atoms with van der Waals surface area (Å²) in [5.41, 5.74) is 2.96. The van der Waals surface area contributed by atoms with Crippen LogP contribution in [0.15, 0.2) is 60.9 Å². The number of ether oxygens (including phenoxy) is 2. The lowest BCUT2D eigenvalue weighted by Gasteiger charge is -2.31. The molecule has 4 heterocycles. The van der Waals surface area contributed by atoms with Crippen molar-refractivity contribution in [3.05, 3.63) is 72.3 Å². The van der Waals surface area contributed by atoms with Crippen LogP contribution in [0.4, 0.5) is 11.5 Å². The fourth-order valence-electron chi connectivity index (χ4n) is 3.81. The number of benzene rings is 1. The summed E-state index contributed by atoms with van der Waals surface area (Å²) in [5, 5.41) is 7.65. The Morgan fingerprint density at radius 3 is 2.78 bits per heavy atom. The van der Waals surface area contributed by atoms with Gasteiger partial charge in [-0.1, -0.05) is 6.07 Å². The molecule has 1 aliphatic rings. The maximum atomic E-state index is 12.8. The highest BCUT2D eigenvalue weighted by Crippen LogP contribution is 2.26. The number of aromatic nitrogens is 4. The maximum Gasteiger partial charge on any atom is 0.274 e. The average molecular weight is 432 g/mol. The van der Waals surface area contributed by atoms with Gasteiger partial charge in [0.1, 0.15) is 29.0 Å². The lowest BCUT2D eigenvalue weighted by atomic mass is 10.2. The standard InChI is InChI=1S/C23H24N6O3/c1-27-11-10-18(26-27)23(30)28-12-13-32-20(15-28)19-14-29-21(4-3-5-22(29)25-19)24-16-6-8-17(31-2)9-7-16/h3-11,14,20,24H,12-13,15H2,1-2H3/t20-/m1/s1. The second kappa shape index (κ2) is 8.35. The van der Waals surface area contributed by atoms with E-state index in [1.54, 1.807) is 36.0 Å². The van der Waals surface area contributed by atoms with Crippen LogP contribution in [0.3, 0.4) is 0 Å². The smallest absolute Gasteiger partial charge is 0.274 e. The average Bonchev–Trinajstić information content (AvgIpc) is 3.46. The summed E-state index contributed by atoms with van der Waals surface area (Å²) >= 11 is 0. The molecule has 1 N–H and O–H groups in total. The second-order valence-corrected chi connectivity index (χ2v) is 7.64. The number of nitrogens with zero attached hydrogens (tertiary/aromatic N) is 5. The molecule has 164 valence electrons. The minimum absolute atomic E-state index is 0.0930. The summed E-state index contributed by atoms with van der Waals surface area (Å²) in [6.45, 7) is 1.41. The van der Waals surface area contributed by atoms with Crippen molar-refractivity contribution >= 4 is 23.1 Å². The molecule has 1 fully saturated rings. The molecule has 1 saturated heterocycles. The molecule has 0 bridgehead atoms. The number of morpholine rings is 1. The number of methoxy groups -OCH3 is 1. The first-order chi connectivity index (χ1) is 15.6. The molecule has 9 heteroatoms. The molecule has 1 atom stereocenters. The van der Waals surface area contributed by atoms with Crippen molar-refractivity contribution in [3.63, 3.8) is 0 Å². The van der Waals surface area contributed by atoms with Gasteiger partial charge in [0.15, 0.2) is 0 Å². The summed E-state index contributed by atoms with van der Waals surface area (Å²) in [4.78, 5) is 19.3. The Morgan fingerprint density at radius 1 is 1.19 bits per heavy atom. The van der Waals surface area contributed by atoms with E-state index in [2.05, 4.69) is 10.4 Å².